The maximum absolute atomic E-state index is 12.7. The van der Waals surface area contributed by atoms with Crippen LogP contribution < -0.4 is 5.56 Å². The molecule has 2 heterocycles. The Bertz CT molecular complexity index is 1040. The summed E-state index contributed by atoms with van der Waals surface area (Å²) in [6, 6.07) is 7.25. The van der Waals surface area contributed by atoms with E-state index >= 15 is 0 Å². The molecule has 3 rings (SSSR count). The molecule has 0 aliphatic rings. The zero-order valence-corrected chi connectivity index (χ0v) is 18.1. The van der Waals surface area contributed by atoms with Crippen molar-refractivity contribution in [1.29, 1.82) is 0 Å². The number of nitrogens with zero attached hydrogens (tertiary/aromatic N) is 1. The minimum atomic E-state index is -0.350. The van der Waals surface area contributed by atoms with Gasteiger partial charge in [-0.2, -0.15) is 0 Å². The highest BCUT2D eigenvalue weighted by Crippen LogP contribution is 2.31. The van der Waals surface area contributed by atoms with Gasteiger partial charge < -0.3 is 9.72 Å². The number of esters is 1. The first-order valence-electron chi connectivity index (χ1n) is 9.25. The Hall–Kier alpha value is -2.12. The van der Waals surface area contributed by atoms with Crippen LogP contribution in [-0.4, -0.2) is 23.0 Å². The van der Waals surface area contributed by atoms with Crippen molar-refractivity contribution in [2.75, 3.05) is 7.11 Å². The summed E-state index contributed by atoms with van der Waals surface area (Å²) in [5.41, 5.74) is 2.64. The summed E-state index contributed by atoms with van der Waals surface area (Å²) in [6.07, 6.45) is 2.00. The van der Waals surface area contributed by atoms with Crippen LogP contribution >= 0.6 is 23.1 Å². The number of hydrogen-bond acceptors (Lipinski definition) is 6. The van der Waals surface area contributed by atoms with Gasteiger partial charge >= 0.3 is 5.97 Å². The number of rotatable bonds is 7. The molecular weight excluding hydrogens is 392 g/mol. The average molecular weight is 417 g/mol. The molecule has 1 aromatic carbocycles. The van der Waals surface area contributed by atoms with E-state index in [0.29, 0.717) is 22.4 Å². The van der Waals surface area contributed by atoms with Crippen LogP contribution in [0.15, 0.2) is 34.2 Å². The van der Waals surface area contributed by atoms with Crippen molar-refractivity contribution in [3.05, 3.63) is 56.2 Å². The summed E-state index contributed by atoms with van der Waals surface area (Å²) in [7, 11) is 1.37. The molecule has 0 saturated carbocycles. The second kappa shape index (κ2) is 8.92. The Balaban J connectivity index is 1.79. The number of aryl methyl sites for hydroxylation is 1. The second-order valence-electron chi connectivity index (χ2n) is 6.88. The second-order valence-corrected chi connectivity index (χ2v) is 9.05. The molecule has 0 amide bonds. The molecule has 0 fully saturated rings. The molecule has 28 heavy (non-hydrogen) atoms. The van der Waals surface area contributed by atoms with E-state index in [9.17, 15) is 9.59 Å². The van der Waals surface area contributed by atoms with Crippen LogP contribution in [0.4, 0.5) is 0 Å². The summed E-state index contributed by atoms with van der Waals surface area (Å²) in [4.78, 5) is 33.8. The number of ether oxygens (including phenoxy) is 1. The number of aromatic nitrogens is 2. The molecule has 148 valence electrons. The molecule has 1 N–H and O–H groups in total. The normalized spacial score (nSPS) is 12.3. The fraction of sp³-hybridized carbons (Fsp3) is 0.381. The molecule has 0 unspecified atom stereocenters. The molecule has 0 spiro atoms. The largest absolute Gasteiger partial charge is 0.465 e. The highest BCUT2D eigenvalue weighted by molar-refractivity contribution is 7.98. The average Bonchev–Trinajstić information content (AvgIpc) is 3.01. The summed E-state index contributed by atoms with van der Waals surface area (Å²) in [5, 5.41) is 1.36. The van der Waals surface area contributed by atoms with Crippen LogP contribution in [0.25, 0.3) is 10.2 Å². The third-order valence-corrected chi connectivity index (χ3v) is 6.83. The summed E-state index contributed by atoms with van der Waals surface area (Å²) >= 11 is 3.07. The Kier molecular flexibility index (Phi) is 6.57. The number of carbonyl (C=O) groups is 1. The van der Waals surface area contributed by atoms with Crippen LogP contribution in [0.5, 0.6) is 0 Å². The Morgan fingerprint density at radius 3 is 2.68 bits per heavy atom. The quantitative estimate of drug-likeness (QED) is 0.335. The van der Waals surface area contributed by atoms with Gasteiger partial charge in [-0.05, 0) is 42.5 Å². The number of fused-ring (bicyclic) bond motifs is 1. The van der Waals surface area contributed by atoms with Crippen LogP contribution in [0.3, 0.4) is 0 Å². The molecule has 2 aromatic heterocycles. The number of aromatic amines is 1. The fourth-order valence-electron chi connectivity index (χ4n) is 2.97. The molecule has 7 heteroatoms. The topological polar surface area (TPSA) is 72.0 Å². The van der Waals surface area contributed by atoms with Gasteiger partial charge in [0.1, 0.15) is 4.83 Å². The number of hydrogen-bond donors (Lipinski definition) is 1. The summed E-state index contributed by atoms with van der Waals surface area (Å²) in [6.45, 7) is 6.45. The van der Waals surface area contributed by atoms with Gasteiger partial charge in [0.25, 0.3) is 5.56 Å². The fourth-order valence-corrected chi connectivity index (χ4v) is 4.90. The lowest BCUT2D eigenvalue weighted by molar-refractivity contribution is 0.0600. The number of carbonyl (C=O) groups excluding carboxylic acids is 1. The molecular formula is C21H24N2O3S2. The number of thiophene rings is 1. The Labute approximate surface area is 172 Å². The number of thioether (sulfide) groups is 1. The van der Waals surface area contributed by atoms with E-state index in [1.807, 2.05) is 12.1 Å². The third kappa shape index (κ3) is 4.47. The monoisotopic (exact) mass is 416 g/mol. The smallest absolute Gasteiger partial charge is 0.337 e. The van der Waals surface area contributed by atoms with Crippen LogP contribution in [0, 0.1) is 12.8 Å². The molecule has 5 nitrogen and oxygen atoms in total. The van der Waals surface area contributed by atoms with Gasteiger partial charge in [0.05, 0.1) is 18.1 Å². The van der Waals surface area contributed by atoms with Crippen LogP contribution in [0.1, 0.15) is 46.6 Å². The van der Waals surface area contributed by atoms with Gasteiger partial charge in [-0.1, -0.05) is 44.2 Å². The maximum atomic E-state index is 12.7. The first-order chi connectivity index (χ1) is 13.4. The minimum absolute atomic E-state index is 0.0591. The van der Waals surface area contributed by atoms with Gasteiger partial charge in [0, 0.05) is 10.6 Å². The minimum Gasteiger partial charge on any atom is -0.465 e. The lowest BCUT2D eigenvalue weighted by Crippen LogP contribution is -2.11. The molecule has 0 radical (unpaired) electrons. The molecule has 0 aliphatic heterocycles. The van der Waals surface area contributed by atoms with Crippen molar-refractivity contribution in [2.45, 2.75) is 44.5 Å². The van der Waals surface area contributed by atoms with Crippen molar-refractivity contribution in [2.24, 2.45) is 5.92 Å². The van der Waals surface area contributed by atoms with E-state index in [1.54, 1.807) is 23.5 Å². The SMILES string of the molecule is CC[C@@H](C)Cc1c(C)sc2nc(SCc3ccc(C(=O)OC)cc3)[nH]c(=O)c12. The molecule has 3 aromatic rings. The maximum Gasteiger partial charge on any atom is 0.337 e. The van der Waals surface area contributed by atoms with E-state index in [2.05, 4.69) is 30.7 Å². The van der Waals surface area contributed by atoms with Gasteiger partial charge in [0.15, 0.2) is 5.16 Å². The number of nitrogens with one attached hydrogen (secondary N) is 1. The zero-order valence-electron chi connectivity index (χ0n) is 16.5. The van der Waals surface area contributed by atoms with Crippen LogP contribution in [0.2, 0.25) is 0 Å². The van der Waals surface area contributed by atoms with Gasteiger partial charge in [-0.3, -0.25) is 4.79 Å². The predicted molar refractivity (Wildman–Crippen MR) is 115 cm³/mol. The van der Waals surface area contributed by atoms with Crippen molar-refractivity contribution >= 4 is 39.3 Å². The molecule has 0 aliphatic carbocycles. The number of benzene rings is 1. The molecule has 1 atom stereocenters. The van der Waals surface area contributed by atoms with Gasteiger partial charge in [-0.15, -0.1) is 11.3 Å². The van der Waals surface area contributed by atoms with E-state index in [4.69, 9.17) is 4.74 Å². The van der Waals surface area contributed by atoms with Crippen molar-refractivity contribution in [3.63, 3.8) is 0 Å². The highest BCUT2D eigenvalue weighted by Gasteiger charge is 2.17. The Morgan fingerprint density at radius 2 is 2.04 bits per heavy atom. The summed E-state index contributed by atoms with van der Waals surface area (Å²) < 4.78 is 4.71. The third-order valence-electron chi connectivity index (χ3n) is 4.84. The van der Waals surface area contributed by atoms with Crippen molar-refractivity contribution < 1.29 is 9.53 Å². The van der Waals surface area contributed by atoms with Crippen molar-refractivity contribution in [3.8, 4) is 0 Å². The molecule has 0 saturated heterocycles. The first kappa shape index (κ1) is 20.6. The van der Waals surface area contributed by atoms with E-state index in [1.165, 1.54) is 23.7 Å². The van der Waals surface area contributed by atoms with Gasteiger partial charge in [-0.25, -0.2) is 9.78 Å². The predicted octanol–water partition coefficient (Wildman–Crippen LogP) is 4.96. The van der Waals surface area contributed by atoms with Gasteiger partial charge in [0.2, 0.25) is 0 Å². The van der Waals surface area contributed by atoms with Crippen LogP contribution in [-0.2, 0) is 16.9 Å². The number of H-pyrrole nitrogens is 1. The first-order valence-corrected chi connectivity index (χ1v) is 11.1. The molecule has 0 bridgehead atoms. The van der Waals surface area contributed by atoms with E-state index in [0.717, 1.165) is 34.2 Å². The van der Waals surface area contributed by atoms with E-state index in [-0.39, 0.29) is 11.5 Å². The Morgan fingerprint density at radius 1 is 1.32 bits per heavy atom. The summed E-state index contributed by atoms with van der Waals surface area (Å²) in [5.74, 6) is 0.842. The van der Waals surface area contributed by atoms with Crippen molar-refractivity contribution in [1.82, 2.24) is 9.97 Å². The van der Waals surface area contributed by atoms with E-state index < -0.39 is 0 Å². The lowest BCUT2D eigenvalue weighted by atomic mass is 9.98. The standard InChI is InChI=1S/C21H24N2O3S2/c1-5-12(2)10-16-13(3)28-19-17(16)18(24)22-21(23-19)27-11-14-6-8-15(9-7-14)20(25)26-4/h6-9,12H,5,10-11H2,1-4H3,(H,22,23,24)/t12-/m1/s1. The lowest BCUT2D eigenvalue weighted by Gasteiger charge is -2.08. The highest BCUT2D eigenvalue weighted by atomic mass is 32.2. The number of methoxy groups -OCH3 is 1. The zero-order chi connectivity index (χ0) is 20.3.